The lowest BCUT2D eigenvalue weighted by molar-refractivity contribution is -0.129. The molecule has 0 atom stereocenters. The molecule has 0 saturated heterocycles. The zero-order chi connectivity index (χ0) is 15.9. The van der Waals surface area contributed by atoms with Gasteiger partial charge in [0.15, 0.2) is 5.71 Å². The monoisotopic (exact) mass is 440 g/mol. The second-order valence-electron chi connectivity index (χ2n) is 3.95. The van der Waals surface area contributed by atoms with Crippen molar-refractivity contribution in [3.05, 3.63) is 21.1 Å². The van der Waals surface area contributed by atoms with Crippen LogP contribution in [0.2, 0.25) is 0 Å². The summed E-state index contributed by atoms with van der Waals surface area (Å²) in [6.07, 6.45) is -0.399. The number of rotatable bonds is 3. The van der Waals surface area contributed by atoms with Gasteiger partial charge in [0, 0.05) is 4.47 Å². The number of hydrogen-bond acceptors (Lipinski definition) is 5. The van der Waals surface area contributed by atoms with Gasteiger partial charge in [-0.3, -0.25) is 9.35 Å². The number of amides is 1. The fourth-order valence-corrected chi connectivity index (χ4v) is 3.64. The molecule has 0 unspecified atom stereocenters. The molecule has 112 valence electrons. The number of hydrazone groups is 1. The van der Waals surface area contributed by atoms with Crippen LogP contribution in [0.15, 0.2) is 31.1 Å². The van der Waals surface area contributed by atoms with Gasteiger partial charge in [-0.1, -0.05) is 0 Å². The van der Waals surface area contributed by atoms with Crippen LogP contribution in [0.3, 0.4) is 0 Å². The molecule has 1 aromatic rings. The Balaban J connectivity index is 2.59. The van der Waals surface area contributed by atoms with Gasteiger partial charge in [-0.05, 0) is 44.0 Å². The molecule has 1 heterocycles. The van der Waals surface area contributed by atoms with Gasteiger partial charge in [0.25, 0.3) is 16.0 Å². The van der Waals surface area contributed by atoms with E-state index < -0.39 is 33.3 Å². The van der Waals surface area contributed by atoms with Crippen LogP contribution < -0.4 is 5.01 Å². The number of nitrogens with zero attached hydrogens (tertiary/aromatic N) is 2. The lowest BCUT2D eigenvalue weighted by Gasteiger charge is -2.14. The van der Waals surface area contributed by atoms with Crippen molar-refractivity contribution in [2.75, 3.05) is 5.01 Å². The summed E-state index contributed by atoms with van der Waals surface area (Å²) in [5, 5.41) is 13.2. The van der Waals surface area contributed by atoms with E-state index in [4.69, 9.17) is 9.66 Å². The van der Waals surface area contributed by atoms with Gasteiger partial charge in [0.05, 0.1) is 16.6 Å². The first-order chi connectivity index (χ1) is 9.61. The number of halogens is 2. The molecule has 0 bridgehead atoms. The molecule has 11 heteroatoms. The first-order valence-corrected chi connectivity index (χ1v) is 8.24. The van der Waals surface area contributed by atoms with Crippen molar-refractivity contribution < 1.29 is 27.7 Å². The smallest absolute Gasteiger partial charge is 0.352 e. The van der Waals surface area contributed by atoms with Crippen molar-refractivity contribution in [1.29, 1.82) is 0 Å². The van der Waals surface area contributed by atoms with E-state index in [0.29, 0.717) is 0 Å². The van der Waals surface area contributed by atoms with Gasteiger partial charge in [-0.2, -0.15) is 18.5 Å². The predicted octanol–water partition coefficient (Wildman–Crippen LogP) is 1.64. The molecular formula is C10H6Br2N2O6S. The zero-order valence-electron chi connectivity index (χ0n) is 9.95. The van der Waals surface area contributed by atoms with E-state index in [1.807, 2.05) is 0 Å². The Labute approximate surface area is 135 Å². The minimum Gasteiger partial charge on any atom is -0.477 e. The maximum absolute atomic E-state index is 11.8. The van der Waals surface area contributed by atoms with E-state index in [1.165, 1.54) is 6.07 Å². The van der Waals surface area contributed by atoms with Gasteiger partial charge in [-0.15, -0.1) is 0 Å². The number of carboxylic acid groups (broad SMARTS) is 1. The second-order valence-corrected chi connectivity index (χ2v) is 6.99. The third-order valence-electron chi connectivity index (χ3n) is 2.52. The van der Waals surface area contributed by atoms with Crippen LogP contribution in [0.25, 0.3) is 0 Å². The zero-order valence-corrected chi connectivity index (χ0v) is 13.9. The second kappa shape index (κ2) is 5.48. The number of benzene rings is 1. The molecular weight excluding hydrogens is 436 g/mol. The maximum atomic E-state index is 11.8. The molecule has 0 aromatic heterocycles. The van der Waals surface area contributed by atoms with Crippen LogP contribution in [-0.4, -0.2) is 35.7 Å². The molecule has 0 aliphatic carbocycles. The molecule has 21 heavy (non-hydrogen) atoms. The van der Waals surface area contributed by atoms with Crippen LogP contribution in [0, 0.1) is 0 Å². The van der Waals surface area contributed by atoms with Gasteiger partial charge in [0.2, 0.25) is 0 Å². The van der Waals surface area contributed by atoms with E-state index in [1.54, 1.807) is 0 Å². The minimum absolute atomic E-state index is 0.0129. The number of carboxylic acids is 1. The van der Waals surface area contributed by atoms with Crippen LogP contribution in [0.5, 0.6) is 0 Å². The number of carbonyl (C=O) groups excluding carboxylic acids is 1. The van der Waals surface area contributed by atoms with Crippen LogP contribution in [0.4, 0.5) is 5.69 Å². The molecule has 1 aliphatic rings. The largest absolute Gasteiger partial charge is 0.477 e. The molecule has 2 rings (SSSR count). The quantitative estimate of drug-likeness (QED) is 0.687. The number of anilines is 1. The van der Waals surface area contributed by atoms with E-state index in [0.717, 1.165) is 11.1 Å². The van der Waals surface area contributed by atoms with E-state index >= 15 is 0 Å². The molecule has 0 radical (unpaired) electrons. The van der Waals surface area contributed by atoms with Crippen molar-refractivity contribution in [3.63, 3.8) is 0 Å². The number of carbonyl (C=O) groups is 2. The Hall–Kier alpha value is -1.30. The summed E-state index contributed by atoms with van der Waals surface area (Å²) in [6, 6.07) is 2.38. The fourth-order valence-electron chi connectivity index (χ4n) is 1.61. The highest BCUT2D eigenvalue weighted by Gasteiger charge is 2.30. The molecule has 1 aliphatic heterocycles. The SMILES string of the molecule is O=C(O)C1=NN(c2cc(Br)c(Br)c(S(=O)(=O)O)c2)C(=O)C1. The average Bonchev–Trinajstić information content (AvgIpc) is 2.73. The summed E-state index contributed by atoms with van der Waals surface area (Å²) in [7, 11) is -4.54. The maximum Gasteiger partial charge on any atom is 0.352 e. The topological polar surface area (TPSA) is 124 Å². The van der Waals surface area contributed by atoms with Crippen molar-refractivity contribution in [1.82, 2.24) is 0 Å². The van der Waals surface area contributed by atoms with Crippen LogP contribution in [-0.2, 0) is 19.7 Å². The molecule has 1 aromatic carbocycles. The van der Waals surface area contributed by atoms with Gasteiger partial charge in [-0.25, -0.2) is 4.79 Å². The summed E-state index contributed by atoms with van der Waals surface area (Å²) in [5.41, 5.74) is -0.341. The Morgan fingerprint density at radius 2 is 1.95 bits per heavy atom. The average molecular weight is 442 g/mol. The van der Waals surface area contributed by atoms with E-state index in [-0.39, 0.29) is 20.3 Å². The van der Waals surface area contributed by atoms with Gasteiger partial charge < -0.3 is 5.11 Å². The Bertz CT molecular complexity index is 789. The summed E-state index contributed by atoms with van der Waals surface area (Å²) < 4.78 is 32.1. The van der Waals surface area contributed by atoms with Gasteiger partial charge >= 0.3 is 5.97 Å². The van der Waals surface area contributed by atoms with Crippen molar-refractivity contribution >= 4 is 65.3 Å². The lowest BCUT2D eigenvalue weighted by Crippen LogP contribution is -2.20. The Kier molecular flexibility index (Phi) is 4.19. The normalized spacial score (nSPS) is 15.3. The van der Waals surface area contributed by atoms with Gasteiger partial charge in [0.1, 0.15) is 4.90 Å². The summed E-state index contributed by atoms with van der Waals surface area (Å²) in [4.78, 5) is 22.1. The van der Waals surface area contributed by atoms with Crippen LogP contribution >= 0.6 is 31.9 Å². The Morgan fingerprint density at radius 1 is 1.33 bits per heavy atom. The first kappa shape index (κ1) is 16.1. The third-order valence-corrected chi connectivity index (χ3v) is 5.68. The van der Waals surface area contributed by atoms with E-state index in [9.17, 15) is 18.0 Å². The molecule has 2 N–H and O–H groups in total. The highest BCUT2D eigenvalue weighted by Crippen LogP contribution is 2.35. The molecule has 0 saturated carbocycles. The molecule has 0 spiro atoms. The highest BCUT2D eigenvalue weighted by atomic mass is 79.9. The minimum atomic E-state index is -4.54. The highest BCUT2D eigenvalue weighted by molar-refractivity contribution is 9.13. The summed E-state index contributed by atoms with van der Waals surface area (Å²) in [5.74, 6) is -1.96. The van der Waals surface area contributed by atoms with Crippen molar-refractivity contribution in [2.24, 2.45) is 5.10 Å². The van der Waals surface area contributed by atoms with Crippen LogP contribution in [0.1, 0.15) is 6.42 Å². The third kappa shape index (κ3) is 3.15. The summed E-state index contributed by atoms with van der Waals surface area (Å²) in [6.45, 7) is 0. The number of hydrogen-bond donors (Lipinski definition) is 2. The predicted molar refractivity (Wildman–Crippen MR) is 78.8 cm³/mol. The molecule has 8 nitrogen and oxygen atoms in total. The fraction of sp³-hybridized carbons (Fsp3) is 0.100. The summed E-state index contributed by atoms with van der Waals surface area (Å²) >= 11 is 6.06. The van der Waals surface area contributed by atoms with E-state index in [2.05, 4.69) is 37.0 Å². The lowest BCUT2D eigenvalue weighted by atomic mass is 10.2. The Morgan fingerprint density at radius 3 is 2.43 bits per heavy atom. The van der Waals surface area contributed by atoms with Crippen molar-refractivity contribution in [3.8, 4) is 0 Å². The first-order valence-electron chi connectivity index (χ1n) is 5.21. The standard InChI is InChI=1S/C10H6Br2N2O6S/c11-5-1-4(2-7(9(5)12)21(18,19)20)14-8(15)3-6(13-14)10(16)17/h1-2H,3H2,(H,16,17)(H,18,19,20). The molecule has 1 amide bonds. The molecule has 0 fully saturated rings. The number of aliphatic carboxylic acids is 1. The van der Waals surface area contributed by atoms with Crippen molar-refractivity contribution in [2.45, 2.75) is 11.3 Å².